The van der Waals surface area contributed by atoms with E-state index in [1.54, 1.807) is 0 Å². The maximum atomic E-state index is 10.2. The number of hydrogen-bond acceptors (Lipinski definition) is 3. The fourth-order valence-corrected chi connectivity index (χ4v) is 0.522. The van der Waals surface area contributed by atoms with Crippen LogP contribution in [-0.4, -0.2) is 24.3 Å². The molecule has 0 saturated carbocycles. The van der Waals surface area contributed by atoms with Crippen LogP contribution in [0.4, 0.5) is 0 Å². The van der Waals surface area contributed by atoms with Crippen molar-refractivity contribution >= 4 is 5.97 Å². The second-order valence-corrected chi connectivity index (χ2v) is 1.93. The van der Waals surface area contributed by atoms with Crippen molar-refractivity contribution in [3.63, 3.8) is 0 Å². The molecule has 0 atom stereocenters. The third-order valence-corrected chi connectivity index (χ3v) is 0.961. The molecule has 0 spiro atoms. The molecular formula is C7H13O3. The number of aliphatic hydroxyl groups excluding tert-OH is 1. The van der Waals surface area contributed by atoms with Gasteiger partial charge in [0.15, 0.2) is 0 Å². The van der Waals surface area contributed by atoms with Gasteiger partial charge in [-0.25, -0.2) is 0 Å². The molecule has 0 amide bonds. The Labute approximate surface area is 61.0 Å². The summed E-state index contributed by atoms with van der Waals surface area (Å²) in [6, 6.07) is 0. The van der Waals surface area contributed by atoms with Gasteiger partial charge >= 0.3 is 5.97 Å². The van der Waals surface area contributed by atoms with E-state index in [-0.39, 0.29) is 12.6 Å². The number of aliphatic hydroxyl groups is 1. The molecule has 0 bridgehead atoms. The third-order valence-electron chi connectivity index (χ3n) is 0.961. The van der Waals surface area contributed by atoms with E-state index < -0.39 is 0 Å². The highest BCUT2D eigenvalue weighted by Crippen LogP contribution is 1.92. The highest BCUT2D eigenvalue weighted by atomic mass is 16.5. The van der Waals surface area contributed by atoms with Crippen molar-refractivity contribution in [1.82, 2.24) is 0 Å². The van der Waals surface area contributed by atoms with E-state index in [9.17, 15) is 4.79 Å². The maximum absolute atomic E-state index is 10.2. The quantitative estimate of drug-likeness (QED) is 0.453. The topological polar surface area (TPSA) is 46.5 Å². The average molecular weight is 145 g/mol. The van der Waals surface area contributed by atoms with Gasteiger partial charge in [-0.2, -0.15) is 0 Å². The molecular weight excluding hydrogens is 132 g/mol. The second-order valence-electron chi connectivity index (χ2n) is 1.93. The Morgan fingerprint density at radius 1 is 1.60 bits per heavy atom. The molecule has 0 aromatic rings. The average Bonchev–Trinajstić information content (AvgIpc) is 1.87. The summed E-state index contributed by atoms with van der Waals surface area (Å²) in [4.78, 5) is 10.2. The SMILES string of the molecule is CC(=O)OCC[CH]CCO. The molecule has 0 heterocycles. The fraction of sp³-hybridized carbons (Fsp3) is 0.714. The molecule has 0 unspecified atom stereocenters. The van der Waals surface area contributed by atoms with Gasteiger partial charge in [0.1, 0.15) is 0 Å². The van der Waals surface area contributed by atoms with E-state index in [2.05, 4.69) is 4.74 Å². The minimum atomic E-state index is -0.252. The van der Waals surface area contributed by atoms with Crippen LogP contribution in [0.2, 0.25) is 0 Å². The Hall–Kier alpha value is -0.570. The molecule has 0 aromatic heterocycles. The molecule has 3 nitrogen and oxygen atoms in total. The maximum Gasteiger partial charge on any atom is 0.302 e. The molecule has 59 valence electrons. The van der Waals surface area contributed by atoms with E-state index >= 15 is 0 Å². The summed E-state index contributed by atoms with van der Waals surface area (Å²) in [5, 5.41) is 8.34. The minimum Gasteiger partial charge on any atom is -0.466 e. The summed E-state index contributed by atoms with van der Waals surface area (Å²) < 4.78 is 4.64. The Morgan fingerprint density at radius 2 is 2.30 bits per heavy atom. The molecule has 0 rings (SSSR count). The highest BCUT2D eigenvalue weighted by molar-refractivity contribution is 5.65. The zero-order chi connectivity index (χ0) is 7.82. The zero-order valence-corrected chi connectivity index (χ0v) is 6.17. The van der Waals surface area contributed by atoms with Crippen molar-refractivity contribution in [3.8, 4) is 0 Å². The van der Waals surface area contributed by atoms with Crippen molar-refractivity contribution in [2.24, 2.45) is 0 Å². The molecule has 10 heavy (non-hydrogen) atoms. The van der Waals surface area contributed by atoms with Crippen molar-refractivity contribution in [1.29, 1.82) is 0 Å². The molecule has 3 heteroatoms. The summed E-state index contributed by atoms with van der Waals surface area (Å²) in [5.74, 6) is -0.252. The molecule has 0 aliphatic carbocycles. The molecule has 0 fully saturated rings. The lowest BCUT2D eigenvalue weighted by atomic mass is 10.2. The minimum absolute atomic E-state index is 0.167. The lowest BCUT2D eigenvalue weighted by Crippen LogP contribution is -2.00. The Balaban J connectivity index is 2.84. The molecule has 0 aliphatic heterocycles. The standard InChI is InChI=1S/C7H13O3/c1-7(9)10-6-4-2-3-5-8/h2,8H,3-6H2,1H3. The van der Waals surface area contributed by atoms with E-state index in [4.69, 9.17) is 5.11 Å². The van der Waals surface area contributed by atoms with Gasteiger partial charge in [-0.05, 0) is 19.3 Å². The Kier molecular flexibility index (Phi) is 6.18. The highest BCUT2D eigenvalue weighted by Gasteiger charge is 1.91. The first-order valence-corrected chi connectivity index (χ1v) is 3.33. The molecule has 1 N–H and O–H groups in total. The fourth-order valence-electron chi connectivity index (χ4n) is 0.522. The summed E-state index contributed by atoms with van der Waals surface area (Å²) in [6.07, 6.45) is 3.28. The van der Waals surface area contributed by atoms with Crippen LogP contribution in [0.5, 0.6) is 0 Å². The first kappa shape index (κ1) is 9.43. The smallest absolute Gasteiger partial charge is 0.302 e. The number of rotatable bonds is 5. The van der Waals surface area contributed by atoms with Crippen LogP contribution in [0.1, 0.15) is 19.8 Å². The van der Waals surface area contributed by atoms with E-state index in [0.29, 0.717) is 13.0 Å². The van der Waals surface area contributed by atoms with Crippen LogP contribution in [0.15, 0.2) is 0 Å². The molecule has 1 radical (unpaired) electrons. The van der Waals surface area contributed by atoms with Gasteiger partial charge in [-0.15, -0.1) is 0 Å². The molecule has 0 saturated heterocycles. The largest absolute Gasteiger partial charge is 0.466 e. The molecule has 0 aliphatic rings. The van der Waals surface area contributed by atoms with Crippen LogP contribution in [0.25, 0.3) is 0 Å². The number of carbonyl (C=O) groups excluding carboxylic acids is 1. The van der Waals surface area contributed by atoms with Crippen LogP contribution in [0, 0.1) is 6.42 Å². The van der Waals surface area contributed by atoms with Crippen molar-refractivity contribution in [2.75, 3.05) is 13.2 Å². The number of ether oxygens (including phenoxy) is 1. The van der Waals surface area contributed by atoms with E-state index in [1.807, 2.05) is 6.42 Å². The van der Waals surface area contributed by atoms with E-state index in [0.717, 1.165) is 6.42 Å². The van der Waals surface area contributed by atoms with Gasteiger partial charge < -0.3 is 9.84 Å². The van der Waals surface area contributed by atoms with Crippen molar-refractivity contribution in [3.05, 3.63) is 6.42 Å². The van der Waals surface area contributed by atoms with Gasteiger partial charge in [0.25, 0.3) is 0 Å². The number of esters is 1. The third kappa shape index (κ3) is 7.43. The second kappa shape index (κ2) is 6.55. The van der Waals surface area contributed by atoms with Gasteiger partial charge in [0.2, 0.25) is 0 Å². The summed E-state index contributed by atoms with van der Waals surface area (Å²) in [5.41, 5.74) is 0. The summed E-state index contributed by atoms with van der Waals surface area (Å²) in [7, 11) is 0. The van der Waals surface area contributed by atoms with Crippen molar-refractivity contribution < 1.29 is 14.6 Å². The Morgan fingerprint density at radius 3 is 2.80 bits per heavy atom. The lowest BCUT2D eigenvalue weighted by molar-refractivity contribution is -0.140. The summed E-state index contributed by atoms with van der Waals surface area (Å²) >= 11 is 0. The monoisotopic (exact) mass is 145 g/mol. The predicted molar refractivity (Wildman–Crippen MR) is 37.3 cm³/mol. The number of unbranched alkanes of at least 4 members (excludes halogenated alkanes) is 2. The van der Waals surface area contributed by atoms with Crippen LogP contribution in [0.3, 0.4) is 0 Å². The lowest BCUT2D eigenvalue weighted by Gasteiger charge is -1.98. The van der Waals surface area contributed by atoms with Crippen LogP contribution in [-0.2, 0) is 9.53 Å². The van der Waals surface area contributed by atoms with E-state index in [1.165, 1.54) is 6.92 Å². The van der Waals surface area contributed by atoms with Gasteiger partial charge in [0, 0.05) is 13.5 Å². The van der Waals surface area contributed by atoms with Crippen LogP contribution < -0.4 is 0 Å². The van der Waals surface area contributed by atoms with Gasteiger partial charge in [-0.3, -0.25) is 4.79 Å². The zero-order valence-electron chi connectivity index (χ0n) is 6.17. The van der Waals surface area contributed by atoms with Crippen molar-refractivity contribution in [2.45, 2.75) is 19.8 Å². The number of hydrogen-bond donors (Lipinski definition) is 1. The van der Waals surface area contributed by atoms with Gasteiger partial charge in [0.05, 0.1) is 6.61 Å². The summed E-state index contributed by atoms with van der Waals surface area (Å²) in [6.45, 7) is 1.97. The molecule has 0 aromatic carbocycles. The van der Waals surface area contributed by atoms with Crippen LogP contribution >= 0.6 is 0 Å². The predicted octanol–water partition coefficient (Wildman–Crippen LogP) is 0.526. The number of carbonyl (C=O) groups is 1. The van der Waals surface area contributed by atoms with Gasteiger partial charge in [-0.1, -0.05) is 0 Å². The normalized spacial score (nSPS) is 9.40. The first-order chi connectivity index (χ1) is 4.77. The Bertz CT molecular complexity index is 90.9. The first-order valence-electron chi connectivity index (χ1n) is 3.33.